The summed E-state index contributed by atoms with van der Waals surface area (Å²) >= 11 is 5.95. The molecule has 0 amide bonds. The molecule has 0 radical (unpaired) electrons. The average Bonchev–Trinajstić information content (AvgIpc) is 2.93. The fourth-order valence-electron chi connectivity index (χ4n) is 2.70. The van der Waals surface area contributed by atoms with Crippen molar-refractivity contribution in [1.29, 1.82) is 10.7 Å². The Morgan fingerprint density at radius 3 is 2.61 bits per heavy atom. The molecule has 0 aliphatic rings. The second-order valence-corrected chi connectivity index (χ2v) is 5.54. The highest BCUT2D eigenvalue weighted by Gasteiger charge is 2.14. The number of hydrogen-bond donors (Lipinski definition) is 2. The first-order chi connectivity index (χ1) is 11.2. The second-order valence-electron chi connectivity index (χ2n) is 5.10. The van der Waals surface area contributed by atoms with Gasteiger partial charge in [0, 0.05) is 21.6 Å². The molecule has 0 fully saturated rings. The summed E-state index contributed by atoms with van der Waals surface area (Å²) in [5, 5.41) is 19.2. The summed E-state index contributed by atoms with van der Waals surface area (Å²) < 4.78 is 1.68. The zero-order chi connectivity index (χ0) is 16.0. The summed E-state index contributed by atoms with van der Waals surface area (Å²) in [5.74, 6) is 0. The predicted molar refractivity (Wildman–Crippen MR) is 88.5 cm³/mol. The van der Waals surface area contributed by atoms with Crippen molar-refractivity contribution in [2.75, 3.05) is 0 Å². The van der Waals surface area contributed by atoms with Crippen LogP contribution in [0.2, 0.25) is 5.02 Å². The summed E-state index contributed by atoms with van der Waals surface area (Å²) in [6.07, 6.45) is 0. The summed E-state index contributed by atoms with van der Waals surface area (Å²) in [6, 6.07) is 16.9. The van der Waals surface area contributed by atoms with Crippen LogP contribution in [0.5, 0.6) is 0 Å². The van der Waals surface area contributed by atoms with Gasteiger partial charge in [0.25, 0.3) is 0 Å². The van der Waals surface area contributed by atoms with Crippen LogP contribution in [0.15, 0.2) is 48.5 Å². The van der Waals surface area contributed by atoms with Crippen molar-refractivity contribution in [1.82, 2.24) is 14.5 Å². The van der Waals surface area contributed by atoms with Crippen LogP contribution in [0.4, 0.5) is 0 Å². The van der Waals surface area contributed by atoms with Gasteiger partial charge in [-0.15, -0.1) is 0 Å². The Bertz CT molecular complexity index is 1150. The van der Waals surface area contributed by atoms with Gasteiger partial charge in [0.05, 0.1) is 0 Å². The zero-order valence-electron chi connectivity index (χ0n) is 11.8. The molecule has 2 N–H and O–H groups in total. The molecule has 0 bridgehead atoms. The lowest BCUT2D eigenvalue weighted by atomic mass is 10.2. The quantitative estimate of drug-likeness (QED) is 0.563. The van der Waals surface area contributed by atoms with Gasteiger partial charge < -0.3 is 4.98 Å². The van der Waals surface area contributed by atoms with Crippen molar-refractivity contribution < 1.29 is 0 Å². The van der Waals surface area contributed by atoms with E-state index >= 15 is 0 Å². The van der Waals surface area contributed by atoms with Crippen molar-refractivity contribution >= 4 is 33.7 Å². The van der Waals surface area contributed by atoms with Gasteiger partial charge in [-0.2, -0.15) is 5.26 Å². The number of nitrogens with zero attached hydrogens (tertiary/aromatic N) is 3. The maximum Gasteiger partial charge on any atom is 0.184 e. The molecule has 0 atom stereocenters. The number of halogens is 1. The van der Waals surface area contributed by atoms with Crippen LogP contribution in [0.25, 0.3) is 27.8 Å². The molecule has 4 aromatic rings. The van der Waals surface area contributed by atoms with Gasteiger partial charge in [-0.1, -0.05) is 29.8 Å². The van der Waals surface area contributed by atoms with E-state index in [9.17, 15) is 5.26 Å². The van der Waals surface area contributed by atoms with Crippen LogP contribution in [0.1, 0.15) is 5.69 Å². The first kappa shape index (κ1) is 13.6. The molecule has 23 heavy (non-hydrogen) atoms. The monoisotopic (exact) mass is 319 g/mol. The van der Waals surface area contributed by atoms with Crippen molar-refractivity contribution in [3.8, 4) is 11.8 Å². The average molecular weight is 320 g/mol. The fraction of sp³-hybridized carbons (Fsp3) is 0. The number of H-pyrrole nitrogens is 1. The maximum absolute atomic E-state index is 9.33. The molecule has 0 saturated heterocycles. The van der Waals surface area contributed by atoms with Crippen molar-refractivity contribution in [3.63, 3.8) is 0 Å². The molecule has 5 nitrogen and oxygen atoms in total. The molecular formula is C17H10ClN5. The first-order valence-electron chi connectivity index (χ1n) is 6.93. The molecule has 0 saturated carbocycles. The van der Waals surface area contributed by atoms with Crippen LogP contribution in [-0.2, 0) is 0 Å². The maximum atomic E-state index is 9.33. The zero-order valence-corrected chi connectivity index (χ0v) is 12.6. The van der Waals surface area contributed by atoms with Crippen LogP contribution in [0.3, 0.4) is 0 Å². The number of benzene rings is 2. The van der Waals surface area contributed by atoms with E-state index in [1.54, 1.807) is 16.7 Å². The topological polar surface area (TPSA) is 81.2 Å². The molecule has 110 valence electrons. The van der Waals surface area contributed by atoms with Crippen molar-refractivity contribution in [2.45, 2.75) is 0 Å². The normalized spacial score (nSPS) is 11.0. The Kier molecular flexibility index (Phi) is 2.93. The number of aromatic nitrogens is 3. The number of rotatable bonds is 1. The number of nitrogens with one attached hydrogen (secondary N) is 2. The summed E-state index contributed by atoms with van der Waals surface area (Å²) in [4.78, 5) is 7.65. The third-order valence-electron chi connectivity index (χ3n) is 3.75. The Labute approximate surface area is 135 Å². The van der Waals surface area contributed by atoms with Crippen LogP contribution < -0.4 is 5.49 Å². The van der Waals surface area contributed by atoms with E-state index in [1.807, 2.05) is 42.5 Å². The largest absolute Gasteiger partial charge is 0.339 e. The molecule has 0 unspecified atom stereocenters. The Hall–Kier alpha value is -3.10. The van der Waals surface area contributed by atoms with Crippen molar-refractivity contribution in [2.24, 2.45) is 0 Å². The van der Waals surface area contributed by atoms with Crippen LogP contribution in [-0.4, -0.2) is 14.5 Å². The molecule has 0 spiro atoms. The minimum Gasteiger partial charge on any atom is -0.339 e. The lowest BCUT2D eigenvalue weighted by Crippen LogP contribution is -2.23. The van der Waals surface area contributed by atoms with E-state index in [2.05, 4.69) is 9.97 Å². The van der Waals surface area contributed by atoms with Gasteiger partial charge in [0.2, 0.25) is 0 Å². The SMILES string of the molecule is N#Cc1nc2c3ccccc3[nH]c2n(-c2ccc(Cl)cc2)c1=N. The fourth-order valence-corrected chi connectivity index (χ4v) is 2.82. The van der Waals surface area contributed by atoms with E-state index in [4.69, 9.17) is 17.0 Å². The smallest absolute Gasteiger partial charge is 0.184 e. The lowest BCUT2D eigenvalue weighted by Gasteiger charge is -2.09. The minimum absolute atomic E-state index is 0.0360. The predicted octanol–water partition coefficient (Wildman–Crippen LogP) is 3.51. The third-order valence-corrected chi connectivity index (χ3v) is 4.00. The molecule has 0 aliphatic carbocycles. The number of nitriles is 1. The lowest BCUT2D eigenvalue weighted by molar-refractivity contribution is 0.922. The van der Waals surface area contributed by atoms with E-state index in [-0.39, 0.29) is 11.2 Å². The highest BCUT2D eigenvalue weighted by atomic mass is 35.5. The van der Waals surface area contributed by atoms with Gasteiger partial charge >= 0.3 is 0 Å². The standard InChI is InChI=1S/C17H10ClN5/c18-10-5-7-11(8-6-10)23-16(20)14(9-19)21-15-12-3-1-2-4-13(12)22-17(15)23/h1-8,20,22H. The summed E-state index contributed by atoms with van der Waals surface area (Å²) in [5.41, 5.74) is 3.12. The molecule has 2 aromatic heterocycles. The highest BCUT2D eigenvalue weighted by molar-refractivity contribution is 6.30. The Balaban J connectivity index is 2.21. The first-order valence-corrected chi connectivity index (χ1v) is 7.31. The van der Waals surface area contributed by atoms with Gasteiger partial charge in [0.15, 0.2) is 11.2 Å². The van der Waals surface area contributed by atoms with Crippen LogP contribution >= 0.6 is 11.6 Å². The molecular weight excluding hydrogens is 310 g/mol. The van der Waals surface area contributed by atoms with E-state index < -0.39 is 0 Å². The van der Waals surface area contributed by atoms with E-state index in [0.29, 0.717) is 16.2 Å². The van der Waals surface area contributed by atoms with E-state index in [0.717, 1.165) is 16.6 Å². The Morgan fingerprint density at radius 1 is 1.13 bits per heavy atom. The minimum atomic E-state index is 0.0360. The number of hydrogen-bond acceptors (Lipinski definition) is 3. The summed E-state index contributed by atoms with van der Waals surface area (Å²) in [6.45, 7) is 0. The van der Waals surface area contributed by atoms with Gasteiger partial charge in [-0.25, -0.2) is 4.98 Å². The van der Waals surface area contributed by atoms with E-state index in [1.165, 1.54) is 0 Å². The summed E-state index contributed by atoms with van der Waals surface area (Å²) in [7, 11) is 0. The molecule has 2 aromatic carbocycles. The van der Waals surface area contributed by atoms with Gasteiger partial charge in [-0.3, -0.25) is 9.98 Å². The molecule has 2 heterocycles. The highest BCUT2D eigenvalue weighted by Crippen LogP contribution is 2.24. The number of fused-ring (bicyclic) bond motifs is 3. The van der Waals surface area contributed by atoms with Gasteiger partial charge in [-0.05, 0) is 30.3 Å². The van der Waals surface area contributed by atoms with Crippen LogP contribution in [0, 0.1) is 16.7 Å². The number of aromatic amines is 1. The second kappa shape index (κ2) is 4.97. The molecule has 4 rings (SSSR count). The number of para-hydroxylation sites is 1. The molecule has 6 heteroatoms. The van der Waals surface area contributed by atoms with Crippen molar-refractivity contribution in [3.05, 3.63) is 64.7 Å². The third kappa shape index (κ3) is 2.00. The molecule has 0 aliphatic heterocycles. The van der Waals surface area contributed by atoms with Gasteiger partial charge in [0.1, 0.15) is 17.2 Å². The Morgan fingerprint density at radius 2 is 1.87 bits per heavy atom.